The molecular formula is C40H36Br2FeN4O6+2. The average Bonchev–Trinajstić information content (AvgIpc) is 3.89. The topological polar surface area (TPSA) is 122 Å². The third-order valence-electron chi connectivity index (χ3n) is 8.37. The van der Waals surface area contributed by atoms with Crippen LogP contribution in [0, 0.1) is 63.2 Å². The van der Waals surface area contributed by atoms with Crippen molar-refractivity contribution in [3.8, 4) is 0 Å². The summed E-state index contributed by atoms with van der Waals surface area (Å²) in [7, 11) is 0. The van der Waals surface area contributed by atoms with Gasteiger partial charge in [0, 0.05) is 36.6 Å². The number of aromatic nitrogens is 4. The molecular weight excluding hydrogens is 848 g/mol. The summed E-state index contributed by atoms with van der Waals surface area (Å²) in [6, 6.07) is 16.6. The van der Waals surface area contributed by atoms with Gasteiger partial charge in [0.1, 0.15) is 0 Å². The predicted molar refractivity (Wildman–Crippen MR) is 206 cm³/mol. The van der Waals surface area contributed by atoms with Crippen LogP contribution in [0.4, 0.5) is 0 Å². The number of hydrogen-bond acceptors (Lipinski definition) is 6. The molecule has 6 rings (SSSR count). The molecule has 2 heterocycles. The second-order valence-corrected chi connectivity index (χ2v) is 13.7. The molecule has 10 radical (unpaired) electrons. The standard InChI is InChI=1S/2C20H18BrN2O3.Fe/c2*21-17-14-22(13-7-6-10-15-8-4-5-9-15)20(26)23(19(17)25)18(24)16-11-2-1-3-12-16;/h2*1-5,8-9,11-12,14H,6-7,10,13H2;/q;;+2. The zero-order valence-electron chi connectivity index (χ0n) is 28.6. The number of benzene rings is 2. The maximum Gasteiger partial charge on any atom is 2.00 e. The van der Waals surface area contributed by atoms with Gasteiger partial charge in [-0.3, -0.25) is 28.3 Å². The first-order valence-electron chi connectivity index (χ1n) is 16.8. The maximum atomic E-state index is 12.7. The van der Waals surface area contributed by atoms with Gasteiger partial charge in [0.05, 0.1) is 8.95 Å². The van der Waals surface area contributed by atoms with Crippen molar-refractivity contribution in [1.82, 2.24) is 18.3 Å². The van der Waals surface area contributed by atoms with Crippen LogP contribution in [-0.2, 0) is 30.2 Å². The Bertz CT molecular complexity index is 1920. The van der Waals surface area contributed by atoms with E-state index in [0.29, 0.717) is 33.4 Å². The minimum Gasteiger partial charge on any atom is -0.299 e. The zero-order chi connectivity index (χ0) is 37.0. The minimum atomic E-state index is -0.642. The molecule has 2 fully saturated rings. The Morgan fingerprint density at radius 1 is 0.509 bits per heavy atom. The van der Waals surface area contributed by atoms with Gasteiger partial charge in [-0.15, -0.1) is 0 Å². The van der Waals surface area contributed by atoms with Crippen LogP contribution in [0.25, 0.3) is 0 Å². The van der Waals surface area contributed by atoms with E-state index in [4.69, 9.17) is 0 Å². The fourth-order valence-corrected chi connectivity index (χ4v) is 6.47. The van der Waals surface area contributed by atoms with Crippen LogP contribution in [0.15, 0.2) is 101 Å². The van der Waals surface area contributed by atoms with Crippen molar-refractivity contribution in [1.29, 1.82) is 0 Å². The van der Waals surface area contributed by atoms with E-state index < -0.39 is 34.3 Å². The summed E-state index contributed by atoms with van der Waals surface area (Å²) in [5.74, 6) is 1.30. The molecule has 272 valence electrons. The second kappa shape index (κ2) is 20.9. The van der Waals surface area contributed by atoms with Gasteiger partial charge in [0.2, 0.25) is 0 Å². The molecule has 0 N–H and O–H groups in total. The molecule has 0 aliphatic heterocycles. The van der Waals surface area contributed by atoms with Gasteiger partial charge in [-0.25, -0.2) is 9.59 Å². The van der Waals surface area contributed by atoms with Gasteiger partial charge in [-0.1, -0.05) is 49.2 Å². The van der Waals surface area contributed by atoms with E-state index in [1.807, 2.05) is 25.7 Å². The largest absolute Gasteiger partial charge is 2.00 e. The number of unbranched alkanes of at least 4 members (excludes halogenated alkanes) is 2. The van der Waals surface area contributed by atoms with Crippen molar-refractivity contribution < 1.29 is 26.7 Å². The molecule has 10 nitrogen and oxygen atoms in total. The fourth-order valence-electron chi connectivity index (χ4n) is 5.62. The van der Waals surface area contributed by atoms with Crippen molar-refractivity contribution in [2.24, 2.45) is 0 Å². The number of nitrogens with zero attached hydrogens (tertiary/aromatic N) is 4. The van der Waals surface area contributed by atoms with Crippen molar-refractivity contribution in [3.05, 3.63) is 198 Å². The van der Waals surface area contributed by atoms with Crippen molar-refractivity contribution in [3.63, 3.8) is 0 Å². The van der Waals surface area contributed by atoms with Crippen LogP contribution < -0.4 is 22.5 Å². The Balaban J connectivity index is 0.000000232. The summed E-state index contributed by atoms with van der Waals surface area (Å²) >= 11 is 6.33. The summed E-state index contributed by atoms with van der Waals surface area (Å²) in [5, 5.41) is 0. The molecule has 0 bridgehead atoms. The van der Waals surface area contributed by atoms with Crippen molar-refractivity contribution in [2.45, 2.75) is 51.6 Å². The smallest absolute Gasteiger partial charge is 0.299 e. The van der Waals surface area contributed by atoms with Crippen LogP contribution in [0.5, 0.6) is 0 Å². The molecule has 4 aromatic rings. The fraction of sp³-hybridized carbons (Fsp3) is 0.200. The van der Waals surface area contributed by atoms with Crippen LogP contribution >= 0.6 is 31.9 Å². The second-order valence-electron chi connectivity index (χ2n) is 12.0. The van der Waals surface area contributed by atoms with E-state index in [-0.39, 0.29) is 26.0 Å². The minimum absolute atomic E-state index is 0. The van der Waals surface area contributed by atoms with E-state index >= 15 is 0 Å². The van der Waals surface area contributed by atoms with Gasteiger partial charge in [-0.2, -0.15) is 9.13 Å². The van der Waals surface area contributed by atoms with Crippen molar-refractivity contribution >= 4 is 43.7 Å². The van der Waals surface area contributed by atoms with Crippen LogP contribution in [0.3, 0.4) is 0 Å². The van der Waals surface area contributed by atoms with Gasteiger partial charge in [-0.05, 0) is 145 Å². The Labute approximate surface area is 336 Å². The Morgan fingerprint density at radius 3 is 1.19 bits per heavy atom. The molecule has 2 aromatic carbocycles. The first-order valence-corrected chi connectivity index (χ1v) is 18.4. The van der Waals surface area contributed by atoms with E-state index in [9.17, 15) is 28.8 Å². The number of rotatable bonds is 12. The monoisotopic (exact) mass is 882 g/mol. The summed E-state index contributed by atoms with van der Waals surface area (Å²) < 4.78 is 4.59. The van der Waals surface area contributed by atoms with E-state index in [2.05, 4.69) is 57.5 Å². The third kappa shape index (κ3) is 11.3. The Morgan fingerprint density at radius 2 is 0.849 bits per heavy atom. The van der Waals surface area contributed by atoms with E-state index in [0.717, 1.165) is 38.5 Å². The van der Waals surface area contributed by atoms with E-state index in [1.165, 1.54) is 33.4 Å². The van der Waals surface area contributed by atoms with Gasteiger partial charge in [0.15, 0.2) is 0 Å². The quantitative estimate of drug-likeness (QED) is 0.126. The molecule has 2 saturated carbocycles. The molecule has 0 unspecified atom stereocenters. The van der Waals surface area contributed by atoms with Gasteiger partial charge in [0.25, 0.3) is 22.9 Å². The molecule has 0 amide bonds. The normalized spacial score (nSPS) is 14.4. The Kier molecular flexibility index (Phi) is 16.7. The number of carbonyl (C=O) groups is 2. The van der Waals surface area contributed by atoms with Gasteiger partial charge >= 0.3 is 28.4 Å². The van der Waals surface area contributed by atoms with Crippen LogP contribution in [0.1, 0.15) is 59.2 Å². The first kappa shape index (κ1) is 42.4. The molecule has 13 heteroatoms. The van der Waals surface area contributed by atoms with Crippen LogP contribution in [-0.4, -0.2) is 30.1 Å². The summed E-state index contributed by atoms with van der Waals surface area (Å²) in [5.41, 5.74) is -1.91. The molecule has 0 spiro atoms. The molecule has 2 aromatic heterocycles. The maximum absolute atomic E-state index is 12.7. The molecule has 53 heavy (non-hydrogen) atoms. The number of hydrogen-bond donors (Lipinski definition) is 0. The Hall–Kier alpha value is -3.38. The molecule has 2 aliphatic carbocycles. The van der Waals surface area contributed by atoms with Crippen molar-refractivity contribution in [2.75, 3.05) is 0 Å². The SMILES string of the molecule is O=C(c1ccccc1)n1c(=O)c(Br)cn(CCCC[C]2[CH][CH][CH][CH]2)c1=O.O=C(c1ccccc1)n1c(=O)c(Br)cn(CCCC[C]2[CH][CH][CH][CH]2)c1=O.[Fe+2]. The summed E-state index contributed by atoms with van der Waals surface area (Å²) in [6.45, 7) is 0.890. The number of carbonyl (C=O) groups excluding carboxylic acids is 2. The third-order valence-corrected chi connectivity index (χ3v) is 9.46. The van der Waals surface area contributed by atoms with Crippen LogP contribution in [0.2, 0.25) is 0 Å². The number of aryl methyl sites for hydroxylation is 2. The van der Waals surface area contributed by atoms with E-state index in [1.54, 1.807) is 60.7 Å². The average molecular weight is 884 g/mol. The predicted octanol–water partition coefficient (Wildman–Crippen LogP) is 6.07. The van der Waals surface area contributed by atoms with Gasteiger partial charge < -0.3 is 0 Å². The molecule has 0 saturated heterocycles. The molecule has 0 atom stereocenters. The first-order chi connectivity index (χ1) is 25.2. The summed E-state index contributed by atoms with van der Waals surface area (Å²) in [4.78, 5) is 75.2. The zero-order valence-corrected chi connectivity index (χ0v) is 32.8. The number of halogens is 2. The molecule has 2 aliphatic rings. The summed E-state index contributed by atoms with van der Waals surface area (Å²) in [6.07, 6.45) is 24.5.